The van der Waals surface area contributed by atoms with Crippen LogP contribution in [0.25, 0.3) is 0 Å². The van der Waals surface area contributed by atoms with E-state index in [0.717, 1.165) is 27.4 Å². The van der Waals surface area contributed by atoms with Gasteiger partial charge in [0.1, 0.15) is 5.76 Å². The number of amides is 1. The van der Waals surface area contributed by atoms with Crippen molar-refractivity contribution >= 4 is 27.4 Å². The van der Waals surface area contributed by atoms with Crippen LogP contribution in [0.1, 0.15) is 23.3 Å². The van der Waals surface area contributed by atoms with Gasteiger partial charge in [-0.25, -0.2) is 8.42 Å². The van der Waals surface area contributed by atoms with Gasteiger partial charge >= 0.3 is 0 Å². The molecular formula is C16H21N3O4S. The van der Waals surface area contributed by atoms with Gasteiger partial charge in [0.05, 0.1) is 6.26 Å². The van der Waals surface area contributed by atoms with E-state index in [2.05, 4.69) is 10.5 Å². The molecule has 8 heteroatoms. The molecule has 0 saturated carbocycles. The maximum Gasteiger partial charge on any atom is 0.233 e. The summed E-state index contributed by atoms with van der Waals surface area (Å²) < 4.78 is 29.8. The highest BCUT2D eigenvalue weighted by molar-refractivity contribution is 7.92. The summed E-state index contributed by atoms with van der Waals surface area (Å²) in [7, 11) is -3.56. The fraction of sp³-hybridized carbons (Fsp3) is 0.375. The second kappa shape index (κ2) is 7.04. The number of hydrogen-bond acceptors (Lipinski definition) is 5. The first-order chi connectivity index (χ1) is 11.2. The SMILES string of the molecule is Cc1cc(N(CCC(=O)Nc2cccc(C)c2C)S(C)(=O)=O)no1. The fourth-order valence-electron chi connectivity index (χ4n) is 2.22. The van der Waals surface area contributed by atoms with E-state index in [9.17, 15) is 13.2 Å². The Bertz CT molecular complexity index is 843. The van der Waals surface area contributed by atoms with Crippen LogP contribution in [0.2, 0.25) is 0 Å². The lowest BCUT2D eigenvalue weighted by Gasteiger charge is -2.19. The minimum Gasteiger partial charge on any atom is -0.360 e. The minimum atomic E-state index is -3.56. The number of anilines is 2. The molecule has 0 aliphatic heterocycles. The third-order valence-electron chi connectivity index (χ3n) is 3.69. The summed E-state index contributed by atoms with van der Waals surface area (Å²) in [6.07, 6.45) is 1.08. The number of sulfonamides is 1. The molecule has 0 atom stereocenters. The second-order valence-corrected chi connectivity index (χ2v) is 7.58. The highest BCUT2D eigenvalue weighted by atomic mass is 32.2. The number of hydrogen-bond donors (Lipinski definition) is 1. The first-order valence-electron chi connectivity index (χ1n) is 7.45. The molecule has 130 valence electrons. The van der Waals surface area contributed by atoms with Gasteiger partial charge in [0.2, 0.25) is 15.9 Å². The molecule has 0 aliphatic carbocycles. The Kier molecular flexibility index (Phi) is 5.28. The zero-order valence-electron chi connectivity index (χ0n) is 14.2. The molecule has 0 unspecified atom stereocenters. The normalized spacial score (nSPS) is 11.3. The number of nitrogens with zero attached hydrogens (tertiary/aromatic N) is 2. The molecule has 1 aromatic carbocycles. The molecule has 2 aromatic rings. The Balaban J connectivity index is 2.07. The third-order valence-corrected chi connectivity index (χ3v) is 4.86. The van der Waals surface area contributed by atoms with E-state index in [0.29, 0.717) is 5.76 Å². The van der Waals surface area contributed by atoms with Gasteiger partial charge < -0.3 is 9.84 Å². The topological polar surface area (TPSA) is 92.5 Å². The van der Waals surface area contributed by atoms with Crippen LogP contribution in [0.3, 0.4) is 0 Å². The fourth-order valence-corrected chi connectivity index (χ4v) is 3.07. The van der Waals surface area contributed by atoms with Gasteiger partial charge in [-0.05, 0) is 38.0 Å². The Hall–Kier alpha value is -2.35. The Labute approximate surface area is 141 Å². The molecule has 0 fully saturated rings. The smallest absolute Gasteiger partial charge is 0.233 e. The number of carbonyl (C=O) groups is 1. The monoisotopic (exact) mass is 351 g/mol. The van der Waals surface area contributed by atoms with E-state index >= 15 is 0 Å². The highest BCUT2D eigenvalue weighted by Crippen LogP contribution is 2.20. The molecule has 0 saturated heterocycles. The van der Waals surface area contributed by atoms with Crippen LogP contribution in [0.4, 0.5) is 11.5 Å². The van der Waals surface area contributed by atoms with E-state index in [1.165, 1.54) is 6.07 Å². The highest BCUT2D eigenvalue weighted by Gasteiger charge is 2.21. The average molecular weight is 351 g/mol. The van der Waals surface area contributed by atoms with Crippen LogP contribution in [0.5, 0.6) is 0 Å². The molecular weight excluding hydrogens is 330 g/mol. The minimum absolute atomic E-state index is 0.00631. The Morgan fingerprint density at radius 2 is 2.00 bits per heavy atom. The average Bonchev–Trinajstić information content (AvgIpc) is 2.89. The maximum absolute atomic E-state index is 12.2. The summed E-state index contributed by atoms with van der Waals surface area (Å²) in [5, 5.41) is 6.52. The van der Waals surface area contributed by atoms with Crippen molar-refractivity contribution in [3.05, 3.63) is 41.2 Å². The zero-order valence-corrected chi connectivity index (χ0v) is 15.0. The van der Waals surface area contributed by atoms with Crippen LogP contribution in [-0.2, 0) is 14.8 Å². The summed E-state index contributed by atoms with van der Waals surface area (Å²) >= 11 is 0. The second-order valence-electron chi connectivity index (χ2n) is 5.68. The van der Waals surface area contributed by atoms with Crippen molar-refractivity contribution in [2.45, 2.75) is 27.2 Å². The number of nitrogens with one attached hydrogen (secondary N) is 1. The van der Waals surface area contributed by atoms with Crippen molar-refractivity contribution in [2.75, 3.05) is 22.4 Å². The third kappa shape index (κ3) is 4.35. The summed E-state index contributed by atoms with van der Waals surface area (Å²) in [5.41, 5.74) is 2.78. The summed E-state index contributed by atoms with van der Waals surface area (Å²) in [6.45, 7) is 5.54. The van der Waals surface area contributed by atoms with E-state index in [1.54, 1.807) is 6.92 Å². The maximum atomic E-state index is 12.2. The van der Waals surface area contributed by atoms with Crippen molar-refractivity contribution in [2.24, 2.45) is 0 Å². The lowest BCUT2D eigenvalue weighted by molar-refractivity contribution is -0.116. The van der Waals surface area contributed by atoms with Crippen LogP contribution in [0, 0.1) is 20.8 Å². The first-order valence-corrected chi connectivity index (χ1v) is 9.30. The molecule has 0 radical (unpaired) electrons. The van der Waals surface area contributed by atoms with Gasteiger partial charge in [-0.3, -0.25) is 9.10 Å². The van der Waals surface area contributed by atoms with Crippen molar-refractivity contribution in [3.63, 3.8) is 0 Å². The zero-order chi connectivity index (χ0) is 17.9. The van der Waals surface area contributed by atoms with Crippen LogP contribution in [-0.4, -0.2) is 32.3 Å². The largest absolute Gasteiger partial charge is 0.360 e. The van der Waals surface area contributed by atoms with Gasteiger partial charge in [0.15, 0.2) is 5.82 Å². The molecule has 2 rings (SSSR count). The predicted octanol–water partition coefficient (Wildman–Crippen LogP) is 2.39. The van der Waals surface area contributed by atoms with E-state index in [1.807, 2.05) is 32.0 Å². The summed E-state index contributed by atoms with van der Waals surface area (Å²) in [5.74, 6) is 0.408. The molecule has 0 bridgehead atoms. The van der Waals surface area contributed by atoms with Gasteiger partial charge in [-0.15, -0.1) is 0 Å². The van der Waals surface area contributed by atoms with Crippen LogP contribution >= 0.6 is 0 Å². The lowest BCUT2D eigenvalue weighted by atomic mass is 10.1. The van der Waals surface area contributed by atoms with Gasteiger partial charge in [-0.1, -0.05) is 17.3 Å². The number of carbonyl (C=O) groups excluding carboxylic acids is 1. The van der Waals surface area contributed by atoms with Crippen molar-refractivity contribution in [3.8, 4) is 0 Å². The standard InChI is InChI=1S/C16H21N3O4S/c1-11-6-5-7-14(13(11)3)17-16(20)8-9-19(24(4,21)22)15-10-12(2)23-18-15/h5-7,10H,8-9H2,1-4H3,(H,17,20). The summed E-state index contributed by atoms with van der Waals surface area (Å²) in [6, 6.07) is 7.15. The lowest BCUT2D eigenvalue weighted by Crippen LogP contribution is -2.33. The van der Waals surface area contributed by atoms with Crippen molar-refractivity contribution < 1.29 is 17.7 Å². The van der Waals surface area contributed by atoms with Gasteiger partial charge in [-0.2, -0.15) is 0 Å². The molecule has 1 N–H and O–H groups in total. The number of aryl methyl sites for hydroxylation is 2. The number of aromatic nitrogens is 1. The van der Waals surface area contributed by atoms with E-state index < -0.39 is 10.0 Å². The Morgan fingerprint density at radius 1 is 1.29 bits per heavy atom. The first kappa shape index (κ1) is 18.0. The predicted molar refractivity (Wildman–Crippen MR) is 92.6 cm³/mol. The van der Waals surface area contributed by atoms with Crippen LogP contribution in [0.15, 0.2) is 28.8 Å². The quantitative estimate of drug-likeness (QED) is 0.862. The molecule has 1 aromatic heterocycles. The molecule has 1 heterocycles. The van der Waals surface area contributed by atoms with Crippen LogP contribution < -0.4 is 9.62 Å². The van der Waals surface area contributed by atoms with E-state index in [-0.39, 0.29) is 24.7 Å². The van der Waals surface area contributed by atoms with Crippen molar-refractivity contribution in [1.82, 2.24) is 5.16 Å². The molecule has 1 amide bonds. The Morgan fingerprint density at radius 3 is 2.58 bits per heavy atom. The summed E-state index contributed by atoms with van der Waals surface area (Å²) in [4.78, 5) is 12.2. The molecule has 24 heavy (non-hydrogen) atoms. The van der Waals surface area contributed by atoms with E-state index in [4.69, 9.17) is 4.52 Å². The number of benzene rings is 1. The molecule has 0 spiro atoms. The van der Waals surface area contributed by atoms with Gasteiger partial charge in [0, 0.05) is 24.7 Å². The van der Waals surface area contributed by atoms with Gasteiger partial charge in [0.25, 0.3) is 0 Å². The molecule has 0 aliphatic rings. The number of rotatable bonds is 6. The van der Waals surface area contributed by atoms with Crippen molar-refractivity contribution in [1.29, 1.82) is 0 Å². The molecule has 7 nitrogen and oxygen atoms in total.